The van der Waals surface area contributed by atoms with Crippen molar-refractivity contribution in [3.63, 3.8) is 0 Å². The summed E-state index contributed by atoms with van der Waals surface area (Å²) < 4.78 is 29.2. The molecule has 0 aliphatic carbocycles. The Morgan fingerprint density at radius 1 is 0.878 bits per heavy atom. The Kier molecular flexibility index (Phi) is 9.00. The summed E-state index contributed by atoms with van der Waals surface area (Å²) in [4.78, 5) is 13.6. The maximum Gasteiger partial charge on any atom is 0.273 e. The molecule has 0 saturated carbocycles. The van der Waals surface area contributed by atoms with E-state index in [1.54, 1.807) is 72.8 Å². The maximum absolute atomic E-state index is 14.0. The number of sulfonamides is 1. The van der Waals surface area contributed by atoms with Gasteiger partial charge in [-0.1, -0.05) is 98.6 Å². The zero-order valence-electron chi connectivity index (χ0n) is 23.9. The molecule has 0 spiro atoms. The predicted molar refractivity (Wildman–Crippen MR) is 167 cm³/mol. The number of benzene rings is 4. The van der Waals surface area contributed by atoms with Gasteiger partial charge in [0.05, 0.1) is 28.4 Å². The van der Waals surface area contributed by atoms with Crippen LogP contribution in [-0.4, -0.2) is 20.0 Å². The van der Waals surface area contributed by atoms with Crippen LogP contribution in [-0.2, 0) is 22.0 Å². The molecule has 0 bridgehead atoms. The van der Waals surface area contributed by atoms with E-state index in [0.29, 0.717) is 16.3 Å². The minimum Gasteiger partial charge on any atom is -0.267 e. The van der Waals surface area contributed by atoms with Crippen LogP contribution < -0.4 is 9.73 Å². The Balaban J connectivity index is 1.69. The molecule has 0 saturated heterocycles. The summed E-state index contributed by atoms with van der Waals surface area (Å²) in [5, 5.41) is 4.87. The molecule has 0 fully saturated rings. The second-order valence-electron chi connectivity index (χ2n) is 10.9. The standard InChI is InChI=1S/C33H34ClN3O3S/c1-23-10-20-29(21-11-23)41(39,40)37(22-25-12-18-28(34)19-13-25)31-9-7-6-8-30(31)32(38)36-35-24(2)26-14-16-27(17-15-26)33(3,4)5/h6-21H,22H2,1-5H3,(H,36,38)/b35-24+. The topological polar surface area (TPSA) is 78.8 Å². The van der Waals surface area contributed by atoms with Gasteiger partial charge in [-0.25, -0.2) is 13.8 Å². The first-order valence-corrected chi connectivity index (χ1v) is 15.1. The number of para-hydroxylation sites is 1. The number of carbonyl (C=O) groups excluding carboxylic acids is 1. The average molecular weight is 588 g/mol. The zero-order chi connectivity index (χ0) is 29.8. The van der Waals surface area contributed by atoms with Crippen LogP contribution in [0.1, 0.15) is 60.3 Å². The molecule has 0 atom stereocenters. The minimum atomic E-state index is -4.04. The van der Waals surface area contributed by atoms with Gasteiger partial charge in [0.2, 0.25) is 0 Å². The molecule has 0 heterocycles. The van der Waals surface area contributed by atoms with Crippen molar-refractivity contribution in [1.29, 1.82) is 0 Å². The van der Waals surface area contributed by atoms with Crippen LogP contribution >= 0.6 is 11.6 Å². The molecule has 1 N–H and O–H groups in total. The lowest BCUT2D eigenvalue weighted by Gasteiger charge is -2.26. The van der Waals surface area contributed by atoms with Crippen molar-refractivity contribution in [2.75, 3.05) is 4.31 Å². The smallest absolute Gasteiger partial charge is 0.267 e. The molecule has 41 heavy (non-hydrogen) atoms. The third kappa shape index (κ3) is 7.23. The summed E-state index contributed by atoms with van der Waals surface area (Å²) in [5.41, 5.74) is 7.41. The summed E-state index contributed by atoms with van der Waals surface area (Å²) in [7, 11) is -4.04. The number of hydrogen-bond acceptors (Lipinski definition) is 4. The van der Waals surface area contributed by atoms with Crippen molar-refractivity contribution in [2.45, 2.75) is 51.5 Å². The molecule has 0 aliphatic rings. The lowest BCUT2D eigenvalue weighted by Crippen LogP contribution is -2.33. The lowest BCUT2D eigenvalue weighted by atomic mass is 9.86. The van der Waals surface area contributed by atoms with Crippen molar-refractivity contribution < 1.29 is 13.2 Å². The first kappa shape index (κ1) is 30.0. The van der Waals surface area contributed by atoms with Gasteiger partial charge in [-0.3, -0.25) is 9.10 Å². The van der Waals surface area contributed by atoms with Gasteiger partial charge in [-0.2, -0.15) is 5.10 Å². The highest BCUT2D eigenvalue weighted by Crippen LogP contribution is 2.30. The van der Waals surface area contributed by atoms with Crippen LogP contribution in [0.15, 0.2) is 107 Å². The predicted octanol–water partition coefficient (Wildman–Crippen LogP) is 7.50. The molecule has 0 aliphatic heterocycles. The first-order chi connectivity index (χ1) is 19.4. The SMILES string of the molecule is C/C(=N\NC(=O)c1ccccc1N(Cc1ccc(Cl)cc1)S(=O)(=O)c1ccc(C)cc1)c1ccc(C(C)(C)C)cc1. The highest BCUT2D eigenvalue weighted by molar-refractivity contribution is 7.92. The fraction of sp³-hybridized carbons (Fsp3) is 0.212. The monoisotopic (exact) mass is 587 g/mol. The van der Waals surface area contributed by atoms with E-state index < -0.39 is 15.9 Å². The number of rotatable bonds is 8. The molecule has 0 aromatic heterocycles. The van der Waals surface area contributed by atoms with Gasteiger partial charge < -0.3 is 0 Å². The Hall–Kier alpha value is -3.94. The van der Waals surface area contributed by atoms with Gasteiger partial charge in [0.15, 0.2) is 0 Å². The molecular formula is C33H34ClN3O3S. The number of amides is 1. The van der Waals surface area contributed by atoms with Gasteiger partial charge in [0.25, 0.3) is 15.9 Å². The average Bonchev–Trinajstić information content (AvgIpc) is 2.95. The number of anilines is 1. The van der Waals surface area contributed by atoms with Crippen LogP contribution in [0.4, 0.5) is 5.69 Å². The van der Waals surface area contributed by atoms with E-state index in [2.05, 4.69) is 43.4 Å². The summed E-state index contributed by atoms with van der Waals surface area (Å²) in [6.07, 6.45) is 0. The molecule has 0 radical (unpaired) electrons. The van der Waals surface area contributed by atoms with Crippen molar-refractivity contribution in [2.24, 2.45) is 5.10 Å². The highest BCUT2D eigenvalue weighted by Gasteiger charge is 2.28. The normalized spacial score (nSPS) is 12.2. The van der Waals surface area contributed by atoms with E-state index >= 15 is 0 Å². The molecule has 212 valence electrons. The Morgan fingerprint density at radius 2 is 1.49 bits per heavy atom. The Labute approximate surface area is 247 Å². The van der Waals surface area contributed by atoms with Crippen molar-refractivity contribution >= 4 is 38.9 Å². The fourth-order valence-corrected chi connectivity index (χ4v) is 5.84. The lowest BCUT2D eigenvalue weighted by molar-refractivity contribution is 0.0955. The van der Waals surface area contributed by atoms with E-state index in [4.69, 9.17) is 11.6 Å². The van der Waals surface area contributed by atoms with Crippen molar-refractivity contribution in [3.8, 4) is 0 Å². The molecular weight excluding hydrogens is 554 g/mol. The van der Waals surface area contributed by atoms with Gasteiger partial charge >= 0.3 is 0 Å². The second kappa shape index (κ2) is 12.3. The largest absolute Gasteiger partial charge is 0.273 e. The number of carbonyl (C=O) groups is 1. The van der Waals surface area contributed by atoms with Crippen molar-refractivity contribution in [1.82, 2.24) is 5.43 Å². The van der Waals surface area contributed by atoms with Crippen LogP contribution in [0.5, 0.6) is 0 Å². The number of nitrogens with zero attached hydrogens (tertiary/aromatic N) is 2. The number of hydrogen-bond donors (Lipinski definition) is 1. The molecule has 6 nitrogen and oxygen atoms in total. The maximum atomic E-state index is 14.0. The number of halogens is 1. The quantitative estimate of drug-likeness (QED) is 0.171. The summed E-state index contributed by atoms with van der Waals surface area (Å²) in [6.45, 7) is 10.2. The van der Waals surface area contributed by atoms with Gasteiger partial charge in [-0.05, 0) is 72.4 Å². The first-order valence-electron chi connectivity index (χ1n) is 13.2. The summed E-state index contributed by atoms with van der Waals surface area (Å²) >= 11 is 6.07. The Morgan fingerprint density at radius 3 is 2.10 bits per heavy atom. The second-order valence-corrected chi connectivity index (χ2v) is 13.2. The number of hydrazone groups is 1. The van der Waals surface area contributed by atoms with Crippen LogP contribution in [0, 0.1) is 6.92 Å². The summed E-state index contributed by atoms with van der Waals surface area (Å²) in [5.74, 6) is -0.522. The molecule has 4 aromatic carbocycles. The van der Waals surface area contributed by atoms with E-state index in [-0.39, 0.29) is 28.1 Å². The van der Waals surface area contributed by atoms with Crippen molar-refractivity contribution in [3.05, 3.63) is 130 Å². The van der Waals surface area contributed by atoms with Gasteiger partial charge in [0, 0.05) is 5.02 Å². The Bertz CT molecular complexity index is 1660. The molecule has 1 amide bonds. The number of nitrogens with one attached hydrogen (secondary N) is 1. The van der Waals surface area contributed by atoms with Crippen LogP contribution in [0.25, 0.3) is 0 Å². The van der Waals surface area contributed by atoms with E-state index in [0.717, 1.165) is 11.1 Å². The third-order valence-electron chi connectivity index (χ3n) is 6.76. The van der Waals surface area contributed by atoms with E-state index in [9.17, 15) is 13.2 Å². The zero-order valence-corrected chi connectivity index (χ0v) is 25.4. The van der Waals surface area contributed by atoms with E-state index in [1.165, 1.54) is 9.87 Å². The molecule has 0 unspecified atom stereocenters. The molecule has 4 rings (SSSR count). The fourth-order valence-electron chi connectivity index (χ4n) is 4.25. The van der Waals surface area contributed by atoms with Gasteiger partial charge in [-0.15, -0.1) is 0 Å². The van der Waals surface area contributed by atoms with Crippen LogP contribution in [0.2, 0.25) is 5.02 Å². The molecule has 4 aromatic rings. The summed E-state index contributed by atoms with van der Waals surface area (Å²) in [6, 6.07) is 28.2. The minimum absolute atomic E-state index is 0.0000924. The highest BCUT2D eigenvalue weighted by atomic mass is 35.5. The third-order valence-corrected chi connectivity index (χ3v) is 8.79. The molecule has 8 heteroatoms. The van der Waals surface area contributed by atoms with E-state index in [1.807, 2.05) is 26.0 Å². The van der Waals surface area contributed by atoms with Gasteiger partial charge in [0.1, 0.15) is 0 Å². The number of aryl methyl sites for hydroxylation is 1. The van der Waals surface area contributed by atoms with Crippen LogP contribution in [0.3, 0.4) is 0 Å².